The Kier molecular flexibility index (Phi) is 7.57. The first kappa shape index (κ1) is 19.7. The average Bonchev–Trinajstić information content (AvgIpc) is 3.16. The second kappa shape index (κ2) is 10.4. The van der Waals surface area contributed by atoms with Crippen molar-refractivity contribution < 1.29 is 9.59 Å². The van der Waals surface area contributed by atoms with Crippen molar-refractivity contribution >= 4 is 23.5 Å². The van der Waals surface area contributed by atoms with Crippen LogP contribution < -0.4 is 5.32 Å². The van der Waals surface area contributed by atoms with Crippen molar-refractivity contribution in [3.8, 4) is 0 Å². The fraction of sp³-hybridized carbons (Fsp3) is 0.455. The number of aromatic nitrogens is 1. The Morgan fingerprint density at radius 3 is 2.59 bits per heavy atom. The number of amides is 1. The lowest BCUT2D eigenvalue weighted by atomic mass is 10.0. The highest BCUT2D eigenvalue weighted by molar-refractivity contribution is 7.99. The van der Waals surface area contributed by atoms with Crippen molar-refractivity contribution in [1.82, 2.24) is 9.88 Å². The summed E-state index contributed by atoms with van der Waals surface area (Å²) in [6.45, 7) is 0.873. The van der Waals surface area contributed by atoms with Crippen LogP contribution in [0.4, 0.5) is 0 Å². The van der Waals surface area contributed by atoms with Crippen molar-refractivity contribution in [3.05, 3.63) is 59.9 Å². The van der Waals surface area contributed by atoms with Crippen LogP contribution in [0.2, 0.25) is 0 Å². The summed E-state index contributed by atoms with van der Waals surface area (Å²) in [5.41, 5.74) is 1.18. The molecule has 4 nitrogen and oxygen atoms in total. The summed E-state index contributed by atoms with van der Waals surface area (Å²) in [4.78, 5) is 24.8. The highest BCUT2D eigenvalue weighted by Gasteiger charge is 2.15. The van der Waals surface area contributed by atoms with Crippen molar-refractivity contribution in [2.75, 3.05) is 12.3 Å². The summed E-state index contributed by atoms with van der Waals surface area (Å²) < 4.78 is 1.72. The Morgan fingerprint density at radius 1 is 1.04 bits per heavy atom. The van der Waals surface area contributed by atoms with Gasteiger partial charge in [0.2, 0.25) is 11.7 Å². The standard InChI is InChI=1S/C22H28N2O2S/c25-21(23-14-8-16-27-19-11-5-2-6-12-19)17-24-15-7-13-20(24)22(26)18-9-3-1-4-10-18/h1,3-4,7,9-10,13,15,19H,2,5-6,8,11-12,14,16-17H2,(H,23,25). The van der Waals surface area contributed by atoms with E-state index in [2.05, 4.69) is 17.1 Å². The van der Waals surface area contributed by atoms with Gasteiger partial charge in [-0.05, 0) is 37.1 Å². The molecule has 1 fully saturated rings. The SMILES string of the molecule is O=C(Cn1cccc1C(=O)c1ccccc1)NCCCSC1CCCCC1. The van der Waals surface area contributed by atoms with Gasteiger partial charge in [0.25, 0.3) is 0 Å². The summed E-state index contributed by atoms with van der Waals surface area (Å²) in [6.07, 6.45) is 9.61. The molecule has 0 atom stereocenters. The zero-order valence-electron chi connectivity index (χ0n) is 15.7. The van der Waals surface area contributed by atoms with Crippen LogP contribution in [0.1, 0.15) is 54.6 Å². The van der Waals surface area contributed by atoms with E-state index < -0.39 is 0 Å². The molecule has 1 amide bonds. The number of benzene rings is 1. The van der Waals surface area contributed by atoms with Crippen molar-refractivity contribution in [3.63, 3.8) is 0 Å². The van der Waals surface area contributed by atoms with Gasteiger partial charge in [-0.3, -0.25) is 9.59 Å². The van der Waals surface area contributed by atoms with E-state index in [0.717, 1.165) is 17.4 Å². The fourth-order valence-electron chi connectivity index (χ4n) is 3.49. The molecule has 27 heavy (non-hydrogen) atoms. The second-order valence-electron chi connectivity index (χ2n) is 7.05. The monoisotopic (exact) mass is 384 g/mol. The smallest absolute Gasteiger partial charge is 0.239 e. The molecule has 1 aromatic carbocycles. The van der Waals surface area contributed by atoms with Gasteiger partial charge in [0, 0.05) is 23.6 Å². The van der Waals surface area contributed by atoms with Gasteiger partial charge in [-0.2, -0.15) is 11.8 Å². The van der Waals surface area contributed by atoms with Crippen LogP contribution in [0.15, 0.2) is 48.7 Å². The van der Waals surface area contributed by atoms with Crippen LogP contribution in [0, 0.1) is 0 Å². The predicted molar refractivity (Wildman–Crippen MR) is 111 cm³/mol. The Balaban J connectivity index is 1.41. The molecule has 1 heterocycles. The fourth-order valence-corrected chi connectivity index (χ4v) is 4.80. The van der Waals surface area contributed by atoms with Crippen LogP contribution in [0.5, 0.6) is 0 Å². The molecule has 3 rings (SSSR count). The molecule has 1 N–H and O–H groups in total. The van der Waals surface area contributed by atoms with Crippen LogP contribution in [0.25, 0.3) is 0 Å². The summed E-state index contributed by atoms with van der Waals surface area (Å²) >= 11 is 2.06. The molecule has 0 spiro atoms. The Bertz CT molecular complexity index is 736. The molecule has 1 saturated carbocycles. The Hall–Kier alpha value is -2.01. The lowest BCUT2D eigenvalue weighted by molar-refractivity contribution is -0.121. The van der Waals surface area contributed by atoms with Gasteiger partial charge < -0.3 is 9.88 Å². The number of carbonyl (C=O) groups is 2. The Morgan fingerprint density at radius 2 is 1.81 bits per heavy atom. The molecule has 0 unspecified atom stereocenters. The number of nitrogens with one attached hydrogen (secondary N) is 1. The van der Waals surface area contributed by atoms with E-state index in [0.29, 0.717) is 17.8 Å². The highest BCUT2D eigenvalue weighted by Crippen LogP contribution is 2.28. The lowest BCUT2D eigenvalue weighted by Gasteiger charge is -2.20. The maximum absolute atomic E-state index is 12.6. The van der Waals surface area contributed by atoms with Gasteiger partial charge >= 0.3 is 0 Å². The maximum Gasteiger partial charge on any atom is 0.239 e. The number of rotatable bonds is 9. The minimum absolute atomic E-state index is 0.0454. The van der Waals surface area contributed by atoms with Crippen molar-refractivity contribution in [1.29, 1.82) is 0 Å². The van der Waals surface area contributed by atoms with E-state index >= 15 is 0 Å². The Labute approximate surface area is 165 Å². The van der Waals surface area contributed by atoms with Gasteiger partial charge in [0.1, 0.15) is 6.54 Å². The minimum atomic E-state index is -0.0581. The van der Waals surface area contributed by atoms with Crippen molar-refractivity contribution in [2.24, 2.45) is 0 Å². The number of nitrogens with zero attached hydrogens (tertiary/aromatic N) is 1. The van der Waals surface area contributed by atoms with Gasteiger partial charge in [-0.15, -0.1) is 0 Å². The third-order valence-corrected chi connectivity index (χ3v) is 6.43. The lowest BCUT2D eigenvalue weighted by Crippen LogP contribution is -2.29. The van der Waals surface area contributed by atoms with E-state index in [4.69, 9.17) is 0 Å². The van der Waals surface area contributed by atoms with Gasteiger partial charge in [-0.25, -0.2) is 0 Å². The number of carbonyl (C=O) groups excluding carboxylic acids is 2. The molecule has 0 saturated heterocycles. The van der Waals surface area contributed by atoms with Crippen LogP contribution in [-0.2, 0) is 11.3 Å². The molecule has 144 valence electrons. The van der Waals surface area contributed by atoms with E-state index in [1.807, 2.05) is 24.3 Å². The number of ketones is 1. The topological polar surface area (TPSA) is 51.1 Å². The third-order valence-electron chi connectivity index (χ3n) is 4.96. The first-order chi connectivity index (χ1) is 13.2. The molecule has 0 aliphatic heterocycles. The second-order valence-corrected chi connectivity index (χ2v) is 8.46. The van der Waals surface area contributed by atoms with Gasteiger partial charge in [0.05, 0.1) is 5.69 Å². The molecule has 1 aliphatic carbocycles. The summed E-state index contributed by atoms with van der Waals surface area (Å²) in [6, 6.07) is 12.7. The highest BCUT2D eigenvalue weighted by atomic mass is 32.2. The van der Waals surface area contributed by atoms with Crippen LogP contribution in [-0.4, -0.2) is 33.8 Å². The zero-order valence-corrected chi connectivity index (χ0v) is 16.5. The van der Waals surface area contributed by atoms with Crippen LogP contribution in [0.3, 0.4) is 0 Å². The molecule has 0 bridgehead atoms. The third kappa shape index (κ3) is 5.99. The van der Waals surface area contributed by atoms with Gasteiger partial charge in [0.15, 0.2) is 0 Å². The quantitative estimate of drug-likeness (QED) is 0.518. The molecule has 1 aromatic heterocycles. The molecule has 1 aliphatic rings. The predicted octanol–water partition coefficient (Wildman–Crippen LogP) is 4.29. The number of hydrogen-bond acceptors (Lipinski definition) is 3. The van der Waals surface area contributed by atoms with E-state index in [9.17, 15) is 9.59 Å². The number of thioether (sulfide) groups is 1. The average molecular weight is 385 g/mol. The molecule has 0 radical (unpaired) electrons. The molecular formula is C22H28N2O2S. The van der Waals surface area contributed by atoms with Crippen LogP contribution >= 0.6 is 11.8 Å². The molecular weight excluding hydrogens is 356 g/mol. The van der Waals surface area contributed by atoms with E-state index in [1.54, 1.807) is 29.0 Å². The first-order valence-electron chi connectivity index (χ1n) is 9.87. The van der Waals surface area contributed by atoms with E-state index in [1.165, 1.54) is 32.1 Å². The van der Waals surface area contributed by atoms with Gasteiger partial charge in [-0.1, -0.05) is 49.6 Å². The van der Waals surface area contributed by atoms with E-state index in [-0.39, 0.29) is 18.2 Å². The minimum Gasteiger partial charge on any atom is -0.355 e. The first-order valence-corrected chi connectivity index (χ1v) is 10.9. The summed E-state index contributed by atoms with van der Waals surface area (Å²) in [5.74, 6) is 1.000. The maximum atomic E-state index is 12.6. The number of hydrogen-bond donors (Lipinski definition) is 1. The molecule has 2 aromatic rings. The van der Waals surface area contributed by atoms with Crippen molar-refractivity contribution in [2.45, 2.75) is 50.3 Å². The normalized spacial score (nSPS) is 14.8. The summed E-state index contributed by atoms with van der Waals surface area (Å²) in [7, 11) is 0. The largest absolute Gasteiger partial charge is 0.355 e. The molecule has 5 heteroatoms. The summed E-state index contributed by atoms with van der Waals surface area (Å²) in [5, 5.41) is 3.80. The zero-order chi connectivity index (χ0) is 18.9.